The van der Waals surface area contributed by atoms with Gasteiger partial charge in [0.25, 0.3) is 5.91 Å². The Labute approximate surface area is 147 Å². The Hall–Kier alpha value is -2.15. The maximum Gasteiger partial charge on any atom is 0.276 e. The molecule has 4 rings (SSSR count). The van der Waals surface area contributed by atoms with Crippen LogP contribution in [0.15, 0.2) is 29.2 Å². The summed E-state index contributed by atoms with van der Waals surface area (Å²) in [5.74, 6) is 0.0250. The number of hydrogen-bond acceptors (Lipinski definition) is 5. The van der Waals surface area contributed by atoms with Crippen molar-refractivity contribution < 1.29 is 9.21 Å². The molecule has 2 saturated heterocycles. The van der Waals surface area contributed by atoms with Crippen LogP contribution in [-0.4, -0.2) is 56.9 Å². The fraction of sp³-hybridized carbons (Fsp3) is 0.611. The molecule has 7 heteroatoms. The Morgan fingerprint density at radius 3 is 2.88 bits per heavy atom. The van der Waals surface area contributed by atoms with Crippen LogP contribution in [0, 0.1) is 0 Å². The molecule has 1 amide bonds. The molecule has 2 aromatic rings. The van der Waals surface area contributed by atoms with E-state index in [0.717, 1.165) is 58.4 Å². The van der Waals surface area contributed by atoms with Gasteiger partial charge in [0.1, 0.15) is 0 Å². The smallest absolute Gasteiger partial charge is 0.276 e. The highest BCUT2D eigenvalue weighted by molar-refractivity contribution is 5.91. The van der Waals surface area contributed by atoms with Crippen LogP contribution in [0.1, 0.15) is 54.2 Å². The van der Waals surface area contributed by atoms with E-state index in [1.807, 2.05) is 21.8 Å². The van der Waals surface area contributed by atoms with E-state index in [-0.39, 0.29) is 11.9 Å². The molecular weight excluding hydrogens is 318 g/mol. The number of nitrogens with zero attached hydrogens (tertiary/aromatic N) is 5. The Morgan fingerprint density at radius 1 is 1.20 bits per heavy atom. The van der Waals surface area contributed by atoms with E-state index < -0.39 is 0 Å². The summed E-state index contributed by atoms with van der Waals surface area (Å²) in [7, 11) is 0. The Kier molecular flexibility index (Phi) is 4.83. The normalized spacial score (nSPS) is 22.2. The topological polar surface area (TPSA) is 67.4 Å². The lowest BCUT2D eigenvalue weighted by molar-refractivity contribution is 0.0718. The van der Waals surface area contributed by atoms with Crippen molar-refractivity contribution in [3.8, 4) is 0 Å². The van der Waals surface area contributed by atoms with Gasteiger partial charge in [-0.3, -0.25) is 9.69 Å². The van der Waals surface area contributed by atoms with Crippen LogP contribution >= 0.6 is 0 Å². The lowest BCUT2D eigenvalue weighted by atomic mass is 10.1. The van der Waals surface area contributed by atoms with Crippen molar-refractivity contribution in [1.29, 1.82) is 0 Å². The zero-order chi connectivity index (χ0) is 17.1. The van der Waals surface area contributed by atoms with Crippen LogP contribution in [-0.2, 0) is 6.54 Å². The van der Waals surface area contributed by atoms with E-state index in [1.54, 1.807) is 12.5 Å². The number of piperidine rings is 2. The van der Waals surface area contributed by atoms with Crippen LogP contribution < -0.4 is 0 Å². The molecule has 2 fully saturated rings. The molecule has 0 aromatic carbocycles. The van der Waals surface area contributed by atoms with Gasteiger partial charge < -0.3 is 9.32 Å². The summed E-state index contributed by atoms with van der Waals surface area (Å²) < 4.78 is 7.05. The number of aromatic nitrogens is 3. The van der Waals surface area contributed by atoms with Gasteiger partial charge in [-0.25, -0.2) is 4.68 Å². The van der Waals surface area contributed by atoms with Crippen LogP contribution in [0.3, 0.4) is 0 Å². The second kappa shape index (κ2) is 7.39. The Bertz CT molecular complexity index is 690. The number of furan rings is 1. The van der Waals surface area contributed by atoms with E-state index in [1.165, 1.54) is 12.0 Å². The summed E-state index contributed by atoms with van der Waals surface area (Å²) in [6.07, 6.45) is 10.9. The fourth-order valence-corrected chi connectivity index (χ4v) is 3.84. The van der Waals surface area contributed by atoms with E-state index in [2.05, 4.69) is 15.2 Å². The molecule has 0 aliphatic carbocycles. The van der Waals surface area contributed by atoms with Gasteiger partial charge in [-0.1, -0.05) is 5.21 Å². The minimum Gasteiger partial charge on any atom is -0.472 e. The van der Waals surface area contributed by atoms with Crippen molar-refractivity contribution in [3.63, 3.8) is 0 Å². The zero-order valence-electron chi connectivity index (χ0n) is 14.5. The first-order valence-corrected chi connectivity index (χ1v) is 9.24. The average molecular weight is 343 g/mol. The maximum atomic E-state index is 12.6. The van der Waals surface area contributed by atoms with E-state index in [0.29, 0.717) is 5.69 Å². The number of rotatable bonds is 4. The second-order valence-corrected chi connectivity index (χ2v) is 7.10. The molecule has 2 aromatic heterocycles. The molecule has 0 N–H and O–H groups in total. The first kappa shape index (κ1) is 16.3. The highest BCUT2D eigenvalue weighted by atomic mass is 16.3. The molecule has 4 heterocycles. The summed E-state index contributed by atoms with van der Waals surface area (Å²) in [5, 5.41) is 8.42. The lowest BCUT2D eigenvalue weighted by Gasteiger charge is -2.32. The van der Waals surface area contributed by atoms with Crippen LogP contribution in [0.25, 0.3) is 0 Å². The Morgan fingerprint density at radius 2 is 2.08 bits per heavy atom. The van der Waals surface area contributed by atoms with Gasteiger partial charge in [0.2, 0.25) is 0 Å². The highest BCUT2D eigenvalue weighted by Gasteiger charge is 2.25. The van der Waals surface area contributed by atoms with Crippen LogP contribution in [0.4, 0.5) is 0 Å². The summed E-state index contributed by atoms with van der Waals surface area (Å²) >= 11 is 0. The maximum absolute atomic E-state index is 12.6. The molecular formula is C18H25N5O2. The number of carbonyl (C=O) groups is 1. The molecule has 134 valence electrons. The van der Waals surface area contributed by atoms with Crippen molar-refractivity contribution >= 4 is 5.91 Å². The third kappa shape index (κ3) is 3.76. The quantitative estimate of drug-likeness (QED) is 0.852. The second-order valence-electron chi connectivity index (χ2n) is 7.10. The SMILES string of the molecule is O=C(c1cn([C@H]2CCCN(Cc3ccoc3)C2)nn1)N1CCCCC1. The minimum atomic E-state index is 0.0250. The molecule has 2 aliphatic heterocycles. The lowest BCUT2D eigenvalue weighted by Crippen LogP contribution is -2.36. The molecule has 0 spiro atoms. The van der Waals surface area contributed by atoms with Crippen LogP contribution in [0.5, 0.6) is 0 Å². The summed E-state index contributed by atoms with van der Waals surface area (Å²) in [6, 6.07) is 2.28. The van der Waals surface area contributed by atoms with E-state index >= 15 is 0 Å². The fourth-order valence-electron chi connectivity index (χ4n) is 3.84. The zero-order valence-corrected chi connectivity index (χ0v) is 14.5. The van der Waals surface area contributed by atoms with Gasteiger partial charge in [0, 0.05) is 31.7 Å². The number of hydrogen-bond donors (Lipinski definition) is 0. The van der Waals surface area contributed by atoms with Gasteiger partial charge in [-0.2, -0.15) is 0 Å². The summed E-state index contributed by atoms with van der Waals surface area (Å²) in [4.78, 5) is 16.9. The third-order valence-electron chi connectivity index (χ3n) is 5.21. The molecule has 0 radical (unpaired) electrons. The number of likely N-dealkylation sites (tertiary alicyclic amines) is 2. The minimum absolute atomic E-state index is 0.0250. The molecule has 0 bridgehead atoms. The van der Waals surface area contributed by atoms with Crippen molar-refractivity contribution in [2.24, 2.45) is 0 Å². The van der Waals surface area contributed by atoms with Gasteiger partial charge >= 0.3 is 0 Å². The van der Waals surface area contributed by atoms with Gasteiger partial charge in [-0.05, 0) is 44.7 Å². The third-order valence-corrected chi connectivity index (χ3v) is 5.21. The molecule has 25 heavy (non-hydrogen) atoms. The first-order valence-electron chi connectivity index (χ1n) is 9.24. The molecule has 0 saturated carbocycles. The molecule has 2 aliphatic rings. The standard InChI is InChI=1S/C18H25N5O2/c24-18(22-8-2-1-3-9-22)17-13-23(20-19-17)16-5-4-7-21(12-16)11-15-6-10-25-14-15/h6,10,13-14,16H,1-5,7-9,11-12H2/t16-/m0/s1. The molecule has 7 nitrogen and oxygen atoms in total. The van der Waals surface area contributed by atoms with Crippen molar-refractivity contribution in [2.75, 3.05) is 26.2 Å². The average Bonchev–Trinajstić information content (AvgIpc) is 3.34. The monoisotopic (exact) mass is 343 g/mol. The predicted molar refractivity (Wildman–Crippen MR) is 92.0 cm³/mol. The van der Waals surface area contributed by atoms with Crippen molar-refractivity contribution in [2.45, 2.75) is 44.7 Å². The Balaban J connectivity index is 1.39. The van der Waals surface area contributed by atoms with Gasteiger partial charge in [-0.15, -0.1) is 5.10 Å². The number of carbonyl (C=O) groups excluding carboxylic acids is 1. The van der Waals surface area contributed by atoms with Gasteiger partial charge in [0.05, 0.1) is 24.8 Å². The van der Waals surface area contributed by atoms with E-state index in [4.69, 9.17) is 4.42 Å². The molecule has 0 unspecified atom stereocenters. The van der Waals surface area contributed by atoms with Crippen LogP contribution in [0.2, 0.25) is 0 Å². The molecule has 1 atom stereocenters. The van der Waals surface area contributed by atoms with E-state index in [9.17, 15) is 4.79 Å². The largest absolute Gasteiger partial charge is 0.472 e. The first-order chi connectivity index (χ1) is 12.3. The summed E-state index contributed by atoms with van der Waals surface area (Å²) in [6.45, 7) is 4.57. The highest BCUT2D eigenvalue weighted by Crippen LogP contribution is 2.23. The summed E-state index contributed by atoms with van der Waals surface area (Å²) in [5.41, 5.74) is 1.68. The van der Waals surface area contributed by atoms with Crippen molar-refractivity contribution in [1.82, 2.24) is 24.8 Å². The predicted octanol–water partition coefficient (Wildman–Crippen LogP) is 2.33. The number of amides is 1. The van der Waals surface area contributed by atoms with Gasteiger partial charge in [0.15, 0.2) is 5.69 Å². The van der Waals surface area contributed by atoms with Crippen molar-refractivity contribution in [3.05, 3.63) is 36.0 Å².